The second-order valence-electron chi connectivity index (χ2n) is 6.47. The van der Waals surface area contributed by atoms with E-state index in [1.54, 1.807) is 20.5 Å². The maximum Gasteiger partial charge on any atom is 0.161 e. The van der Waals surface area contributed by atoms with E-state index in [4.69, 9.17) is 14.2 Å². The fourth-order valence-electron chi connectivity index (χ4n) is 3.26. The van der Waals surface area contributed by atoms with Crippen LogP contribution in [0, 0.1) is 6.92 Å². The number of methoxy groups -OCH3 is 2. The predicted octanol–water partition coefficient (Wildman–Crippen LogP) is 2.92. The van der Waals surface area contributed by atoms with E-state index < -0.39 is 0 Å². The van der Waals surface area contributed by atoms with E-state index in [0.29, 0.717) is 6.10 Å². The molecule has 6 nitrogen and oxygen atoms in total. The van der Waals surface area contributed by atoms with Gasteiger partial charge < -0.3 is 19.2 Å². The minimum atomic E-state index is 0.305. The molecule has 0 spiro atoms. The molecule has 1 saturated heterocycles. The van der Waals surface area contributed by atoms with Gasteiger partial charge in [0.15, 0.2) is 11.5 Å². The summed E-state index contributed by atoms with van der Waals surface area (Å²) in [5.74, 6) is 1.51. The first-order valence-electron chi connectivity index (χ1n) is 8.73. The quantitative estimate of drug-likeness (QED) is 0.797. The molecule has 1 atom stereocenters. The smallest absolute Gasteiger partial charge is 0.161 e. The summed E-state index contributed by atoms with van der Waals surface area (Å²) in [5, 5.41) is 0. The molecular weight excluding hydrogens is 318 g/mol. The molecule has 3 rings (SSSR count). The Balaban J connectivity index is 1.75. The lowest BCUT2D eigenvalue weighted by Crippen LogP contribution is -2.31. The van der Waals surface area contributed by atoms with Gasteiger partial charge in [-0.05, 0) is 37.5 Å². The van der Waals surface area contributed by atoms with E-state index in [1.807, 2.05) is 12.1 Å². The third-order valence-electron chi connectivity index (χ3n) is 4.65. The van der Waals surface area contributed by atoms with E-state index in [2.05, 4.69) is 27.9 Å². The Morgan fingerprint density at radius 1 is 1.24 bits per heavy atom. The van der Waals surface area contributed by atoms with E-state index >= 15 is 0 Å². The molecule has 0 radical (unpaired) electrons. The van der Waals surface area contributed by atoms with Gasteiger partial charge in [-0.15, -0.1) is 0 Å². The van der Waals surface area contributed by atoms with Gasteiger partial charge in [0.2, 0.25) is 0 Å². The Morgan fingerprint density at radius 2 is 2.08 bits per heavy atom. The van der Waals surface area contributed by atoms with Crippen molar-refractivity contribution in [2.24, 2.45) is 0 Å². The second kappa shape index (κ2) is 8.36. The summed E-state index contributed by atoms with van der Waals surface area (Å²) in [4.78, 5) is 10.00. The Kier molecular flexibility index (Phi) is 5.94. The number of H-pyrrole nitrogens is 1. The first kappa shape index (κ1) is 17.8. The van der Waals surface area contributed by atoms with E-state index in [9.17, 15) is 0 Å². The number of ether oxygens (including phenoxy) is 3. The van der Waals surface area contributed by atoms with Gasteiger partial charge in [-0.1, -0.05) is 6.07 Å². The van der Waals surface area contributed by atoms with Crippen LogP contribution in [-0.2, 0) is 17.8 Å². The molecule has 0 unspecified atom stereocenters. The van der Waals surface area contributed by atoms with Gasteiger partial charge in [-0.3, -0.25) is 4.90 Å². The number of aromatic amines is 1. The van der Waals surface area contributed by atoms with Crippen LogP contribution in [0.25, 0.3) is 0 Å². The van der Waals surface area contributed by atoms with Gasteiger partial charge in [0.1, 0.15) is 0 Å². The molecule has 136 valence electrons. The predicted molar refractivity (Wildman–Crippen MR) is 96.0 cm³/mol. The molecule has 1 aromatic carbocycles. The molecule has 2 aromatic rings. The molecular formula is C19H27N3O3. The average Bonchev–Trinajstić information content (AvgIpc) is 3.27. The zero-order valence-electron chi connectivity index (χ0n) is 15.2. The van der Waals surface area contributed by atoms with E-state index in [1.165, 1.54) is 5.56 Å². The van der Waals surface area contributed by atoms with Crippen LogP contribution in [0.2, 0.25) is 0 Å². The van der Waals surface area contributed by atoms with Crippen LogP contribution in [0.15, 0.2) is 24.5 Å². The Morgan fingerprint density at radius 3 is 2.72 bits per heavy atom. The SMILES string of the molecule is COc1ccc(CN(Cc2nc[nH]c2C)C[C@H]2CCCO2)cc1OC. The van der Waals surface area contributed by atoms with Gasteiger partial charge in [-0.25, -0.2) is 4.98 Å². The maximum absolute atomic E-state index is 5.84. The molecule has 1 fully saturated rings. The molecule has 6 heteroatoms. The largest absolute Gasteiger partial charge is 0.493 e. The van der Waals surface area contributed by atoms with Crippen molar-refractivity contribution in [1.82, 2.24) is 14.9 Å². The van der Waals surface area contributed by atoms with Gasteiger partial charge in [-0.2, -0.15) is 0 Å². The highest BCUT2D eigenvalue weighted by Gasteiger charge is 2.21. The normalized spacial score (nSPS) is 17.2. The van der Waals surface area contributed by atoms with Crippen LogP contribution in [0.4, 0.5) is 0 Å². The van der Waals surface area contributed by atoms with Gasteiger partial charge in [0.25, 0.3) is 0 Å². The van der Waals surface area contributed by atoms with Crippen molar-refractivity contribution in [2.75, 3.05) is 27.4 Å². The summed E-state index contributed by atoms with van der Waals surface area (Å²) >= 11 is 0. The van der Waals surface area contributed by atoms with Gasteiger partial charge >= 0.3 is 0 Å². The molecule has 0 saturated carbocycles. The first-order valence-corrected chi connectivity index (χ1v) is 8.73. The average molecular weight is 345 g/mol. The van der Waals surface area contributed by atoms with Crippen molar-refractivity contribution in [3.63, 3.8) is 0 Å². The number of benzene rings is 1. The number of aryl methyl sites for hydroxylation is 1. The molecule has 1 N–H and O–H groups in total. The third-order valence-corrected chi connectivity index (χ3v) is 4.65. The standard InChI is InChI=1S/C19H27N3O3/c1-14-17(21-13-20-14)12-22(11-16-5-4-8-25-16)10-15-6-7-18(23-2)19(9-15)24-3/h6-7,9,13,16H,4-5,8,10-12H2,1-3H3,(H,20,21)/t16-/m1/s1. The van der Waals surface area contributed by atoms with E-state index in [-0.39, 0.29) is 0 Å². The van der Waals surface area contributed by atoms with Crippen LogP contribution >= 0.6 is 0 Å². The highest BCUT2D eigenvalue weighted by atomic mass is 16.5. The second-order valence-corrected chi connectivity index (χ2v) is 6.47. The molecule has 25 heavy (non-hydrogen) atoms. The van der Waals surface area contributed by atoms with Gasteiger partial charge in [0.05, 0.1) is 32.3 Å². The minimum Gasteiger partial charge on any atom is -0.493 e. The summed E-state index contributed by atoms with van der Waals surface area (Å²) < 4.78 is 16.6. The van der Waals surface area contributed by atoms with Crippen LogP contribution in [0.3, 0.4) is 0 Å². The molecule has 1 aromatic heterocycles. The Bertz CT molecular complexity index is 680. The number of hydrogen-bond donors (Lipinski definition) is 1. The Labute approximate surface area is 149 Å². The minimum absolute atomic E-state index is 0.305. The third kappa shape index (κ3) is 4.52. The molecule has 0 amide bonds. The first-order chi connectivity index (χ1) is 12.2. The van der Waals surface area contributed by atoms with E-state index in [0.717, 1.165) is 62.0 Å². The van der Waals surface area contributed by atoms with Crippen LogP contribution in [-0.4, -0.2) is 48.3 Å². The van der Waals surface area contributed by atoms with Crippen LogP contribution < -0.4 is 9.47 Å². The zero-order chi connectivity index (χ0) is 17.6. The van der Waals surface area contributed by atoms with Crippen LogP contribution in [0.1, 0.15) is 29.8 Å². The van der Waals surface area contributed by atoms with Crippen molar-refractivity contribution in [3.05, 3.63) is 41.5 Å². The number of aromatic nitrogens is 2. The monoisotopic (exact) mass is 345 g/mol. The maximum atomic E-state index is 5.84. The number of imidazole rings is 1. The van der Waals surface area contributed by atoms with Crippen molar-refractivity contribution in [2.45, 2.75) is 39.0 Å². The fraction of sp³-hybridized carbons (Fsp3) is 0.526. The summed E-state index contributed by atoms with van der Waals surface area (Å²) in [5.41, 5.74) is 3.38. The summed E-state index contributed by atoms with van der Waals surface area (Å²) in [6, 6.07) is 6.08. The summed E-state index contributed by atoms with van der Waals surface area (Å²) in [7, 11) is 3.32. The number of hydrogen-bond acceptors (Lipinski definition) is 5. The number of rotatable bonds is 8. The molecule has 1 aliphatic rings. The number of nitrogens with one attached hydrogen (secondary N) is 1. The van der Waals surface area contributed by atoms with Crippen molar-refractivity contribution in [1.29, 1.82) is 0 Å². The Hall–Kier alpha value is -2.05. The lowest BCUT2D eigenvalue weighted by molar-refractivity contribution is 0.0674. The highest BCUT2D eigenvalue weighted by Crippen LogP contribution is 2.28. The lowest BCUT2D eigenvalue weighted by atomic mass is 10.1. The summed E-state index contributed by atoms with van der Waals surface area (Å²) in [6.07, 6.45) is 4.34. The van der Waals surface area contributed by atoms with Crippen molar-refractivity contribution < 1.29 is 14.2 Å². The topological polar surface area (TPSA) is 59.6 Å². The summed E-state index contributed by atoms with van der Waals surface area (Å²) in [6.45, 7) is 5.44. The van der Waals surface area contributed by atoms with Crippen molar-refractivity contribution in [3.8, 4) is 11.5 Å². The fourth-order valence-corrected chi connectivity index (χ4v) is 3.26. The van der Waals surface area contributed by atoms with Crippen molar-refractivity contribution >= 4 is 0 Å². The lowest BCUT2D eigenvalue weighted by Gasteiger charge is -2.25. The molecule has 0 bridgehead atoms. The van der Waals surface area contributed by atoms with Crippen LogP contribution in [0.5, 0.6) is 11.5 Å². The molecule has 1 aliphatic heterocycles. The van der Waals surface area contributed by atoms with Gasteiger partial charge in [0, 0.05) is 31.9 Å². The molecule has 0 aliphatic carbocycles. The zero-order valence-corrected chi connectivity index (χ0v) is 15.2. The highest BCUT2D eigenvalue weighted by molar-refractivity contribution is 5.42. The number of nitrogens with zero attached hydrogens (tertiary/aromatic N) is 2. The molecule has 2 heterocycles.